The van der Waals surface area contributed by atoms with Gasteiger partial charge in [0.25, 0.3) is 0 Å². The Hall–Kier alpha value is -1.24. The van der Waals surface area contributed by atoms with E-state index in [2.05, 4.69) is 0 Å². The van der Waals surface area contributed by atoms with Gasteiger partial charge in [0, 0.05) is 12.1 Å². The number of aliphatic hydroxyl groups is 1. The maximum absolute atomic E-state index is 13.2. The molecule has 0 fully saturated rings. The lowest BCUT2D eigenvalue weighted by atomic mass is 9.85. The molecular weight excluding hydrogens is 440 g/mol. The van der Waals surface area contributed by atoms with Crippen LogP contribution in [-0.2, 0) is 16.2 Å². The molecule has 1 heterocycles. The van der Waals surface area contributed by atoms with E-state index in [1.807, 2.05) is 0 Å². The second kappa shape index (κ2) is 6.92. The van der Waals surface area contributed by atoms with Crippen molar-refractivity contribution in [3.63, 3.8) is 0 Å². The highest BCUT2D eigenvalue weighted by molar-refractivity contribution is 7.90. The van der Waals surface area contributed by atoms with E-state index >= 15 is 0 Å². The minimum Gasteiger partial charge on any atom is -0.485 e. The molecule has 160 valence electrons. The molecule has 28 heavy (non-hydrogen) atoms. The Kier molecular flexibility index (Phi) is 5.70. The maximum atomic E-state index is 13.2. The molecule has 0 amide bonds. The smallest absolute Gasteiger partial charge is 0.485 e. The Labute approximate surface area is 161 Å². The summed E-state index contributed by atoms with van der Waals surface area (Å²) in [6, 6.07) is -0.835. The third-order valence-electron chi connectivity index (χ3n) is 4.33. The zero-order valence-electron chi connectivity index (χ0n) is 14.7. The van der Waals surface area contributed by atoms with Crippen molar-refractivity contribution in [2.75, 3.05) is 6.54 Å². The van der Waals surface area contributed by atoms with Crippen LogP contribution in [0, 0.1) is 0 Å². The number of rotatable bonds is 3. The van der Waals surface area contributed by atoms with Crippen molar-refractivity contribution >= 4 is 21.6 Å². The van der Waals surface area contributed by atoms with E-state index in [4.69, 9.17) is 16.3 Å². The minimum absolute atomic E-state index is 0.0885. The molecule has 0 saturated heterocycles. The number of benzene rings is 1. The first-order valence-electron chi connectivity index (χ1n) is 7.81. The van der Waals surface area contributed by atoms with Crippen LogP contribution in [0.3, 0.4) is 0 Å². The van der Waals surface area contributed by atoms with E-state index in [-0.39, 0.29) is 10.1 Å². The summed E-state index contributed by atoms with van der Waals surface area (Å²) in [5.74, 6) is -0.353. The maximum Gasteiger partial charge on any atom is 0.511 e. The molecular formula is C15H16ClF6NO4S. The minimum atomic E-state index is -5.97. The molecule has 13 heteroatoms. The number of aliphatic hydroxyl groups excluding tert-OH is 1. The fraction of sp³-hybridized carbons (Fsp3) is 0.600. The Morgan fingerprint density at radius 1 is 1.21 bits per heavy atom. The molecule has 0 bridgehead atoms. The number of halogens is 7. The van der Waals surface area contributed by atoms with Crippen molar-refractivity contribution in [3.05, 3.63) is 28.3 Å². The van der Waals surface area contributed by atoms with Crippen molar-refractivity contribution < 1.29 is 44.6 Å². The molecule has 2 rings (SSSR count). The number of alkyl halides is 6. The highest BCUT2D eigenvalue weighted by Gasteiger charge is 2.56. The van der Waals surface area contributed by atoms with Crippen molar-refractivity contribution in [2.45, 2.75) is 50.2 Å². The second-order valence-corrected chi connectivity index (χ2v) is 8.91. The second-order valence-electron chi connectivity index (χ2n) is 6.62. The van der Waals surface area contributed by atoms with Gasteiger partial charge in [0.05, 0.1) is 16.6 Å². The number of likely N-dealkylation sites (N-methyl/N-ethyl adjacent to an activating group) is 1. The van der Waals surface area contributed by atoms with Gasteiger partial charge in [0.2, 0.25) is 0 Å². The first-order chi connectivity index (χ1) is 12.4. The average Bonchev–Trinajstić information content (AvgIpc) is 2.48. The summed E-state index contributed by atoms with van der Waals surface area (Å²) in [5.41, 5.74) is -9.30. The van der Waals surface area contributed by atoms with Gasteiger partial charge in [-0.2, -0.15) is 30.6 Å². The quantitative estimate of drug-likeness (QED) is 0.697. The average molecular weight is 456 g/mol. The van der Waals surface area contributed by atoms with Crippen LogP contribution in [0.5, 0.6) is 5.75 Å². The van der Waals surface area contributed by atoms with E-state index in [0.29, 0.717) is 6.07 Å². The van der Waals surface area contributed by atoms with Crippen molar-refractivity contribution in [1.29, 1.82) is 0 Å². The normalized spacial score (nSPS) is 22.7. The van der Waals surface area contributed by atoms with Gasteiger partial charge in [-0.3, -0.25) is 0 Å². The van der Waals surface area contributed by atoms with E-state index in [1.54, 1.807) is 0 Å². The summed E-state index contributed by atoms with van der Waals surface area (Å²) < 4.78 is 108. The van der Waals surface area contributed by atoms with Crippen LogP contribution < -0.4 is 4.74 Å². The molecule has 0 spiro atoms. The molecule has 0 aliphatic carbocycles. The van der Waals surface area contributed by atoms with Gasteiger partial charge in [0.15, 0.2) is 0 Å². The number of nitrogens with zero attached hydrogens (tertiary/aromatic N) is 1. The number of hydrogen-bond acceptors (Lipinski definition) is 4. The van der Waals surface area contributed by atoms with E-state index in [1.165, 1.54) is 13.8 Å². The van der Waals surface area contributed by atoms with Crippen molar-refractivity contribution in [3.8, 4) is 5.75 Å². The van der Waals surface area contributed by atoms with Crippen LogP contribution in [-0.4, -0.2) is 41.6 Å². The molecule has 0 aromatic heterocycles. The van der Waals surface area contributed by atoms with E-state index in [0.717, 1.165) is 13.0 Å². The third-order valence-corrected chi connectivity index (χ3v) is 6.33. The zero-order chi connectivity index (χ0) is 21.9. The Bertz CT molecular complexity index is 869. The molecule has 1 aliphatic heterocycles. The standard InChI is InChI=1S/C15H16ClF6NO4S/c1-4-23(28(25,26)15(20,21)22)11-7-5-8(14(17,18)19)9(16)6-10(7)27-13(2,3)12(11)24/h5-6,11-12,24H,4H2,1-3H3/t11-,12+/m0/s1. The fourth-order valence-electron chi connectivity index (χ4n) is 2.96. The molecule has 0 unspecified atom stereocenters. The lowest BCUT2D eigenvalue weighted by Gasteiger charge is -2.45. The summed E-state index contributed by atoms with van der Waals surface area (Å²) in [6.45, 7) is 2.82. The van der Waals surface area contributed by atoms with Crippen LogP contribution in [0.1, 0.15) is 37.9 Å². The third kappa shape index (κ3) is 3.79. The summed E-state index contributed by atoms with van der Waals surface area (Å²) in [5, 5.41) is 9.75. The summed E-state index contributed by atoms with van der Waals surface area (Å²) in [7, 11) is -5.97. The van der Waals surface area contributed by atoms with Gasteiger partial charge in [-0.25, -0.2) is 8.42 Å². The number of hydrogen-bond donors (Lipinski definition) is 1. The van der Waals surface area contributed by atoms with Gasteiger partial charge in [0.1, 0.15) is 17.5 Å². The van der Waals surface area contributed by atoms with Crippen LogP contribution in [0.2, 0.25) is 5.02 Å². The lowest BCUT2D eigenvalue weighted by Crippen LogP contribution is -2.56. The number of sulfonamides is 1. The summed E-state index contributed by atoms with van der Waals surface area (Å²) in [4.78, 5) is 0. The molecule has 1 aromatic rings. The van der Waals surface area contributed by atoms with Crippen molar-refractivity contribution in [1.82, 2.24) is 4.31 Å². The van der Waals surface area contributed by atoms with Gasteiger partial charge < -0.3 is 9.84 Å². The first kappa shape index (κ1) is 23.0. The van der Waals surface area contributed by atoms with Crippen LogP contribution in [0.15, 0.2) is 12.1 Å². The Balaban J connectivity index is 2.80. The Morgan fingerprint density at radius 3 is 2.18 bits per heavy atom. The highest BCUT2D eigenvalue weighted by Crippen LogP contribution is 2.49. The van der Waals surface area contributed by atoms with Crippen LogP contribution >= 0.6 is 11.6 Å². The van der Waals surface area contributed by atoms with Gasteiger partial charge >= 0.3 is 21.7 Å². The molecule has 0 saturated carbocycles. The molecule has 1 aromatic carbocycles. The van der Waals surface area contributed by atoms with Crippen LogP contribution in [0.4, 0.5) is 26.3 Å². The summed E-state index contributed by atoms with van der Waals surface area (Å²) >= 11 is 5.62. The van der Waals surface area contributed by atoms with Gasteiger partial charge in [-0.05, 0) is 26.0 Å². The lowest BCUT2D eigenvalue weighted by molar-refractivity contribution is -0.138. The predicted octanol–water partition coefficient (Wildman–Crippen LogP) is 4.10. The summed E-state index contributed by atoms with van der Waals surface area (Å²) in [6.07, 6.45) is -6.87. The Morgan fingerprint density at radius 2 is 1.75 bits per heavy atom. The van der Waals surface area contributed by atoms with Gasteiger partial charge in [-0.1, -0.05) is 18.5 Å². The topological polar surface area (TPSA) is 66.8 Å². The molecule has 1 aliphatic rings. The van der Waals surface area contributed by atoms with E-state index < -0.39 is 62.1 Å². The zero-order valence-corrected chi connectivity index (χ0v) is 16.3. The number of fused-ring (bicyclic) bond motifs is 1. The SMILES string of the molecule is CCN([C@H]1c2cc(C(F)(F)F)c(Cl)cc2OC(C)(C)[C@@H]1O)S(=O)(=O)C(F)(F)F. The largest absolute Gasteiger partial charge is 0.511 e. The van der Waals surface area contributed by atoms with Crippen molar-refractivity contribution in [2.24, 2.45) is 0 Å². The van der Waals surface area contributed by atoms with Gasteiger partial charge in [-0.15, -0.1) is 0 Å². The van der Waals surface area contributed by atoms with Crippen LogP contribution in [0.25, 0.3) is 0 Å². The highest BCUT2D eigenvalue weighted by atomic mass is 35.5. The molecule has 5 nitrogen and oxygen atoms in total. The predicted molar refractivity (Wildman–Crippen MR) is 87.3 cm³/mol. The molecule has 0 radical (unpaired) electrons. The first-order valence-corrected chi connectivity index (χ1v) is 9.62. The fourth-order valence-corrected chi connectivity index (χ4v) is 4.36. The van der Waals surface area contributed by atoms with E-state index in [9.17, 15) is 39.9 Å². The number of ether oxygens (including phenoxy) is 1. The molecule has 1 N–H and O–H groups in total. The molecule has 2 atom stereocenters. The monoisotopic (exact) mass is 455 g/mol.